The highest BCUT2D eigenvalue weighted by Crippen LogP contribution is 2.33. The number of carboxylic acid groups (broad SMARTS) is 3. The standard InChI is InChI=1S/C23H27N3O5S.C18H19N3O3S.C4H4O4/c1-23(2,3)21(25-22(28)29)12-16-11-20(19-9-5-4-7-17(19)15-27)26(14-16)32(30,31)18-8-6-10-24-13-18;1-19-10-14-9-18(17-7-3-2-5-15(17)13-22)21(12-14)25(23,24)16-6-4-8-20-11-16;5-3(6)1-2-4(7)8/h4-11,13-14,21,25,27H,12,15H2,1-3H3,(H,28,29);2-9,11-12,19,22H,10,13H2,1H3;1-2H,(H,5,6)(H,7,8). The molecule has 0 saturated heterocycles. The van der Waals surface area contributed by atoms with Crippen LogP contribution in [-0.2, 0) is 55.8 Å². The Kier molecular flexibility index (Phi) is 17.6. The van der Waals surface area contributed by atoms with E-state index in [2.05, 4.69) is 20.6 Å². The normalized spacial score (nSPS) is 12.0. The Morgan fingerprint density at radius 1 is 0.677 bits per heavy atom. The zero-order valence-electron chi connectivity index (χ0n) is 35.8. The smallest absolute Gasteiger partial charge is 0.404 e. The van der Waals surface area contributed by atoms with Gasteiger partial charge in [-0.3, -0.25) is 9.97 Å². The average molecular weight is 931 g/mol. The van der Waals surface area contributed by atoms with E-state index < -0.39 is 49.5 Å². The lowest BCUT2D eigenvalue weighted by molar-refractivity contribution is -0.134. The monoisotopic (exact) mass is 930 g/mol. The first-order valence-electron chi connectivity index (χ1n) is 19.6. The molecule has 65 heavy (non-hydrogen) atoms. The van der Waals surface area contributed by atoms with Crippen molar-refractivity contribution in [3.05, 3.63) is 157 Å². The molecule has 0 saturated carbocycles. The Labute approximate surface area is 376 Å². The van der Waals surface area contributed by atoms with Crippen LogP contribution in [0.4, 0.5) is 4.79 Å². The van der Waals surface area contributed by atoms with Crippen molar-refractivity contribution in [1.82, 2.24) is 28.5 Å². The molecule has 0 spiro atoms. The highest BCUT2D eigenvalue weighted by Gasteiger charge is 2.29. The van der Waals surface area contributed by atoms with E-state index in [1.54, 1.807) is 67.8 Å². The maximum Gasteiger partial charge on any atom is 0.404 e. The Balaban J connectivity index is 0.000000249. The van der Waals surface area contributed by atoms with Crippen molar-refractivity contribution in [3.8, 4) is 22.5 Å². The molecule has 1 amide bonds. The summed E-state index contributed by atoms with van der Waals surface area (Å²) in [5, 5.41) is 49.9. The summed E-state index contributed by atoms with van der Waals surface area (Å²) in [6.07, 6.45) is 9.01. The fourth-order valence-corrected chi connectivity index (χ4v) is 9.05. The van der Waals surface area contributed by atoms with Crippen molar-refractivity contribution in [2.75, 3.05) is 7.05 Å². The van der Waals surface area contributed by atoms with Crippen LogP contribution in [0.1, 0.15) is 43.0 Å². The maximum absolute atomic E-state index is 13.5. The Morgan fingerprint density at radius 3 is 1.48 bits per heavy atom. The number of hydrogen-bond acceptors (Lipinski definition) is 12. The molecule has 1 unspecified atom stereocenters. The van der Waals surface area contributed by atoms with Crippen molar-refractivity contribution in [1.29, 1.82) is 0 Å². The highest BCUT2D eigenvalue weighted by molar-refractivity contribution is 7.90. The lowest BCUT2D eigenvalue weighted by atomic mass is 9.83. The number of benzene rings is 2. The Morgan fingerprint density at radius 2 is 1.11 bits per heavy atom. The fourth-order valence-electron chi connectivity index (χ4n) is 6.34. The first-order valence-corrected chi connectivity index (χ1v) is 22.5. The number of pyridine rings is 2. The summed E-state index contributed by atoms with van der Waals surface area (Å²) < 4.78 is 55.5. The molecule has 20 heteroatoms. The van der Waals surface area contributed by atoms with Crippen LogP contribution in [0.15, 0.2) is 144 Å². The van der Waals surface area contributed by atoms with Gasteiger partial charge >= 0.3 is 18.0 Å². The predicted octanol–water partition coefficient (Wildman–Crippen LogP) is 5.21. The summed E-state index contributed by atoms with van der Waals surface area (Å²) >= 11 is 0. The van der Waals surface area contributed by atoms with Crippen LogP contribution < -0.4 is 10.6 Å². The first kappa shape index (κ1) is 50.7. The first-order chi connectivity index (χ1) is 30.7. The van der Waals surface area contributed by atoms with Gasteiger partial charge in [-0.05, 0) is 77.5 Å². The Hall–Kier alpha value is -6.97. The minimum absolute atomic E-state index is 0.0286. The van der Waals surface area contributed by atoms with Gasteiger partial charge in [0.15, 0.2) is 0 Å². The van der Waals surface area contributed by atoms with Gasteiger partial charge in [0.05, 0.1) is 24.6 Å². The number of carboxylic acids is 2. The van der Waals surface area contributed by atoms with Gasteiger partial charge in [-0.2, -0.15) is 0 Å². The van der Waals surface area contributed by atoms with Crippen LogP contribution in [0.25, 0.3) is 22.5 Å². The molecule has 4 aromatic heterocycles. The quantitative estimate of drug-likeness (QED) is 0.0651. The van der Waals surface area contributed by atoms with Crippen molar-refractivity contribution >= 4 is 38.1 Å². The van der Waals surface area contributed by atoms with E-state index in [4.69, 9.17) is 10.2 Å². The summed E-state index contributed by atoms with van der Waals surface area (Å²) in [6, 6.07) is 23.4. The lowest BCUT2D eigenvalue weighted by Gasteiger charge is -2.30. The molecule has 0 aliphatic carbocycles. The molecule has 2 aromatic carbocycles. The van der Waals surface area contributed by atoms with Crippen LogP contribution in [0.5, 0.6) is 0 Å². The molecular weight excluding hydrogens is 881 g/mol. The number of aliphatic carboxylic acids is 2. The SMILES string of the molecule is CC(C)(C)C(Cc1cc(-c2ccccc2CO)n(S(=O)(=O)c2cccnc2)c1)NC(=O)O.CNCc1cc(-c2ccccc2CO)n(S(=O)(=O)c2cccnc2)c1.O=C(O)C=CC(=O)O. The third kappa shape index (κ3) is 13.5. The zero-order chi connectivity index (χ0) is 48.0. The molecule has 0 fully saturated rings. The van der Waals surface area contributed by atoms with E-state index in [0.29, 0.717) is 64.3 Å². The van der Waals surface area contributed by atoms with E-state index in [0.717, 1.165) is 5.56 Å². The molecule has 1 atom stereocenters. The summed E-state index contributed by atoms with van der Waals surface area (Å²) in [5.41, 5.74) is 4.48. The second-order valence-corrected chi connectivity index (χ2v) is 18.8. The van der Waals surface area contributed by atoms with Crippen molar-refractivity contribution in [3.63, 3.8) is 0 Å². The fraction of sp³-hybridized carbons (Fsp3) is 0.222. The highest BCUT2D eigenvalue weighted by atomic mass is 32.2. The largest absolute Gasteiger partial charge is 0.478 e. The second kappa shape index (κ2) is 22.6. The summed E-state index contributed by atoms with van der Waals surface area (Å²) in [6.45, 7) is 5.85. The van der Waals surface area contributed by atoms with E-state index in [1.807, 2.05) is 39.0 Å². The van der Waals surface area contributed by atoms with Crippen LogP contribution >= 0.6 is 0 Å². The number of aliphatic hydroxyl groups excluding tert-OH is 2. The summed E-state index contributed by atoms with van der Waals surface area (Å²) in [5.74, 6) is -2.51. The van der Waals surface area contributed by atoms with Gasteiger partial charge < -0.3 is 36.2 Å². The van der Waals surface area contributed by atoms with Crippen LogP contribution in [0.3, 0.4) is 0 Å². The van der Waals surface area contributed by atoms with Crippen LogP contribution in [0.2, 0.25) is 0 Å². The van der Waals surface area contributed by atoms with Crippen LogP contribution in [-0.4, -0.2) is 91.4 Å². The molecule has 344 valence electrons. The molecule has 0 aliphatic heterocycles. The number of nitrogens with zero attached hydrogens (tertiary/aromatic N) is 4. The van der Waals surface area contributed by atoms with Gasteiger partial charge in [0.1, 0.15) is 9.79 Å². The second-order valence-electron chi connectivity index (χ2n) is 15.2. The maximum atomic E-state index is 13.5. The van der Waals surface area contributed by atoms with E-state index in [-0.39, 0.29) is 23.0 Å². The zero-order valence-corrected chi connectivity index (χ0v) is 37.4. The number of rotatable bonds is 15. The van der Waals surface area contributed by atoms with E-state index >= 15 is 0 Å². The number of aliphatic hydroxyl groups is 2. The summed E-state index contributed by atoms with van der Waals surface area (Å²) in [4.78, 5) is 38.4. The van der Waals surface area contributed by atoms with Crippen molar-refractivity contribution < 1.29 is 56.8 Å². The van der Waals surface area contributed by atoms with E-state index in [1.165, 1.54) is 51.1 Å². The number of hydrogen-bond donors (Lipinski definition) is 7. The average Bonchev–Trinajstić information content (AvgIpc) is 3.92. The third-order valence-corrected chi connectivity index (χ3v) is 12.8. The number of amides is 1. The topological polar surface area (TPSA) is 280 Å². The van der Waals surface area contributed by atoms with Crippen molar-refractivity contribution in [2.45, 2.75) is 62.8 Å². The van der Waals surface area contributed by atoms with Gasteiger partial charge in [0.25, 0.3) is 20.0 Å². The minimum Gasteiger partial charge on any atom is -0.478 e. The van der Waals surface area contributed by atoms with Gasteiger partial charge in [-0.15, -0.1) is 0 Å². The van der Waals surface area contributed by atoms with E-state index in [9.17, 15) is 46.5 Å². The number of carbonyl (C=O) groups is 3. The van der Waals surface area contributed by atoms with Crippen molar-refractivity contribution in [2.24, 2.45) is 5.41 Å². The molecule has 6 rings (SSSR count). The van der Waals surface area contributed by atoms with Gasteiger partial charge in [0, 0.05) is 73.0 Å². The molecular formula is C45H50N6O12S2. The molecule has 0 aliphatic rings. The molecule has 7 N–H and O–H groups in total. The molecule has 0 radical (unpaired) electrons. The van der Waals surface area contributed by atoms with Gasteiger partial charge in [-0.1, -0.05) is 69.3 Å². The third-order valence-electron chi connectivity index (χ3n) is 9.53. The van der Waals surface area contributed by atoms with Crippen LogP contribution in [0, 0.1) is 5.41 Å². The number of aromatic nitrogens is 4. The summed E-state index contributed by atoms with van der Waals surface area (Å²) in [7, 11) is -5.98. The van der Waals surface area contributed by atoms with Gasteiger partial charge in [-0.25, -0.2) is 39.2 Å². The molecule has 6 aromatic rings. The molecule has 18 nitrogen and oxygen atoms in total. The van der Waals surface area contributed by atoms with Gasteiger partial charge in [0.2, 0.25) is 0 Å². The Bertz CT molecular complexity index is 2800. The molecule has 4 heterocycles. The number of nitrogens with one attached hydrogen (secondary N) is 2. The predicted molar refractivity (Wildman–Crippen MR) is 241 cm³/mol. The molecule has 0 bridgehead atoms. The lowest BCUT2D eigenvalue weighted by Crippen LogP contribution is -2.44. The minimum atomic E-state index is -3.98.